The van der Waals surface area contributed by atoms with Crippen molar-refractivity contribution in [2.24, 2.45) is 10.9 Å². The number of pyridine rings is 1. The highest BCUT2D eigenvalue weighted by molar-refractivity contribution is 5.80. The van der Waals surface area contributed by atoms with E-state index in [1.165, 1.54) is 6.07 Å². The van der Waals surface area contributed by atoms with Crippen molar-refractivity contribution in [3.63, 3.8) is 0 Å². The zero-order chi connectivity index (χ0) is 20.3. The number of aromatic nitrogens is 1. The highest BCUT2D eigenvalue weighted by atomic mass is 19.1. The first-order valence-electron chi connectivity index (χ1n) is 10.8. The first-order valence-corrected chi connectivity index (χ1v) is 10.8. The van der Waals surface area contributed by atoms with Gasteiger partial charge in [0.15, 0.2) is 17.6 Å². The van der Waals surface area contributed by atoms with E-state index in [0.29, 0.717) is 24.8 Å². The van der Waals surface area contributed by atoms with Gasteiger partial charge in [0.05, 0.1) is 0 Å². The second-order valence-corrected chi connectivity index (χ2v) is 7.63. The van der Waals surface area contributed by atoms with E-state index in [2.05, 4.69) is 27.5 Å². The lowest BCUT2D eigenvalue weighted by Crippen LogP contribution is -2.44. The molecule has 0 amide bonds. The molecule has 3 rings (SSSR count). The molecule has 0 aliphatic carbocycles. The highest BCUT2D eigenvalue weighted by Gasteiger charge is 2.25. The first-order chi connectivity index (χ1) is 14.3. The Kier molecular flexibility index (Phi) is 8.95. The van der Waals surface area contributed by atoms with Crippen LogP contribution in [0.5, 0.6) is 0 Å². The average Bonchev–Trinajstić information content (AvgIpc) is 3.20. The quantitative estimate of drug-likeness (QED) is 0.372. The van der Waals surface area contributed by atoms with E-state index in [0.717, 1.165) is 71.2 Å². The molecule has 0 saturated carbocycles. The van der Waals surface area contributed by atoms with E-state index in [4.69, 9.17) is 9.47 Å². The fourth-order valence-corrected chi connectivity index (χ4v) is 3.71. The molecular weight excluding hydrogens is 373 g/mol. The van der Waals surface area contributed by atoms with Crippen LogP contribution in [0.15, 0.2) is 23.3 Å². The molecule has 0 spiro atoms. The topological polar surface area (TPSA) is 71.0 Å². The molecule has 162 valence electrons. The van der Waals surface area contributed by atoms with Gasteiger partial charge in [-0.25, -0.2) is 9.37 Å². The van der Waals surface area contributed by atoms with Crippen molar-refractivity contribution in [1.29, 1.82) is 0 Å². The predicted molar refractivity (Wildman–Crippen MR) is 113 cm³/mol. The Morgan fingerprint density at radius 1 is 1.38 bits per heavy atom. The van der Waals surface area contributed by atoms with Crippen molar-refractivity contribution in [2.75, 3.05) is 57.5 Å². The van der Waals surface area contributed by atoms with Gasteiger partial charge < -0.3 is 25.0 Å². The van der Waals surface area contributed by atoms with Gasteiger partial charge in [-0.2, -0.15) is 0 Å². The Labute approximate surface area is 173 Å². The Bertz CT molecular complexity index is 639. The van der Waals surface area contributed by atoms with E-state index >= 15 is 0 Å². The fourth-order valence-electron chi connectivity index (χ4n) is 3.71. The number of aliphatic imine (C=N–C) groups is 1. The predicted octanol–water partition coefficient (Wildman–Crippen LogP) is 2.19. The van der Waals surface area contributed by atoms with Crippen molar-refractivity contribution in [1.82, 2.24) is 15.6 Å². The molecule has 1 atom stereocenters. The summed E-state index contributed by atoms with van der Waals surface area (Å²) in [6.07, 6.45) is 5.67. The lowest BCUT2D eigenvalue weighted by atomic mass is 10.0. The van der Waals surface area contributed by atoms with Gasteiger partial charge >= 0.3 is 0 Å². The standard InChI is InChI=1S/C21H34FN5O2/c1-2-23-21(25-10-4-12-29-16-17-7-13-28-14-8-17)26-18-6-11-27(15-18)20-19(22)5-3-9-24-20/h3,5,9,17-18H,2,4,6-8,10-16H2,1H3,(H2,23,25,26). The lowest BCUT2D eigenvalue weighted by Gasteiger charge is -2.21. The summed E-state index contributed by atoms with van der Waals surface area (Å²) in [5, 5.41) is 6.77. The minimum absolute atomic E-state index is 0.221. The third kappa shape index (κ3) is 7.12. The second kappa shape index (κ2) is 11.9. The Morgan fingerprint density at radius 2 is 2.24 bits per heavy atom. The van der Waals surface area contributed by atoms with E-state index in [9.17, 15) is 4.39 Å². The zero-order valence-corrected chi connectivity index (χ0v) is 17.4. The van der Waals surface area contributed by atoms with Crippen LogP contribution in [-0.2, 0) is 9.47 Å². The Hall–Kier alpha value is -1.93. The molecule has 7 nitrogen and oxygen atoms in total. The maximum atomic E-state index is 14.0. The molecule has 1 aromatic heterocycles. The van der Waals surface area contributed by atoms with E-state index in [-0.39, 0.29) is 11.9 Å². The van der Waals surface area contributed by atoms with Crippen molar-refractivity contribution in [2.45, 2.75) is 38.6 Å². The van der Waals surface area contributed by atoms with Gasteiger partial charge in [-0.05, 0) is 50.7 Å². The zero-order valence-electron chi connectivity index (χ0n) is 17.4. The molecule has 0 radical (unpaired) electrons. The Balaban J connectivity index is 1.37. The third-order valence-electron chi connectivity index (χ3n) is 5.32. The molecule has 29 heavy (non-hydrogen) atoms. The van der Waals surface area contributed by atoms with Crippen LogP contribution in [0.1, 0.15) is 32.6 Å². The van der Waals surface area contributed by atoms with Gasteiger partial charge in [-0.15, -0.1) is 0 Å². The molecular formula is C21H34FN5O2. The number of hydrogen-bond donors (Lipinski definition) is 2. The molecule has 1 aromatic rings. The summed E-state index contributed by atoms with van der Waals surface area (Å²) in [5.41, 5.74) is 0. The van der Waals surface area contributed by atoms with Crippen LogP contribution in [0.2, 0.25) is 0 Å². The van der Waals surface area contributed by atoms with Crippen LogP contribution in [-0.4, -0.2) is 69.6 Å². The second-order valence-electron chi connectivity index (χ2n) is 7.63. The fraction of sp³-hybridized carbons (Fsp3) is 0.714. The van der Waals surface area contributed by atoms with E-state index in [1.807, 2.05) is 4.90 Å². The van der Waals surface area contributed by atoms with Crippen molar-refractivity contribution < 1.29 is 13.9 Å². The third-order valence-corrected chi connectivity index (χ3v) is 5.32. The van der Waals surface area contributed by atoms with E-state index in [1.54, 1.807) is 12.3 Å². The van der Waals surface area contributed by atoms with Crippen molar-refractivity contribution in [3.8, 4) is 0 Å². The van der Waals surface area contributed by atoms with Gasteiger partial charge in [-0.3, -0.25) is 4.99 Å². The molecule has 1 unspecified atom stereocenters. The van der Waals surface area contributed by atoms with Gasteiger partial charge in [0.1, 0.15) is 0 Å². The van der Waals surface area contributed by atoms with Crippen LogP contribution in [0.4, 0.5) is 10.2 Å². The minimum atomic E-state index is -0.269. The molecule has 0 aromatic carbocycles. The van der Waals surface area contributed by atoms with Crippen LogP contribution < -0.4 is 15.5 Å². The maximum Gasteiger partial charge on any atom is 0.191 e. The Morgan fingerprint density at radius 3 is 3.03 bits per heavy atom. The molecule has 2 aliphatic rings. The SMILES string of the molecule is CCNC(=NCCCOCC1CCOCC1)NC1CCN(c2ncccc2F)C1. The number of guanidine groups is 1. The summed E-state index contributed by atoms with van der Waals surface area (Å²) in [5.74, 6) is 1.61. The molecule has 2 fully saturated rings. The minimum Gasteiger partial charge on any atom is -0.381 e. The molecule has 2 aliphatic heterocycles. The summed E-state index contributed by atoms with van der Waals surface area (Å²) in [6.45, 7) is 8.36. The van der Waals surface area contributed by atoms with Gasteiger partial charge in [0.25, 0.3) is 0 Å². The highest BCUT2D eigenvalue weighted by Crippen LogP contribution is 2.20. The monoisotopic (exact) mass is 407 g/mol. The smallest absolute Gasteiger partial charge is 0.191 e. The maximum absolute atomic E-state index is 14.0. The summed E-state index contributed by atoms with van der Waals surface area (Å²) in [6, 6.07) is 3.30. The molecule has 0 bridgehead atoms. The summed E-state index contributed by atoms with van der Waals surface area (Å²) in [4.78, 5) is 10.8. The van der Waals surface area contributed by atoms with Gasteiger partial charge in [0, 0.05) is 64.8 Å². The largest absolute Gasteiger partial charge is 0.381 e. The normalized spacial score (nSPS) is 20.8. The molecule has 2 N–H and O–H groups in total. The van der Waals surface area contributed by atoms with Crippen LogP contribution in [0.25, 0.3) is 0 Å². The van der Waals surface area contributed by atoms with Crippen LogP contribution in [0, 0.1) is 11.7 Å². The van der Waals surface area contributed by atoms with Crippen LogP contribution >= 0.6 is 0 Å². The molecule has 2 saturated heterocycles. The summed E-state index contributed by atoms with van der Waals surface area (Å²) in [7, 11) is 0. The van der Waals surface area contributed by atoms with E-state index < -0.39 is 0 Å². The lowest BCUT2D eigenvalue weighted by molar-refractivity contribution is 0.0205. The van der Waals surface area contributed by atoms with Crippen LogP contribution in [0.3, 0.4) is 0 Å². The number of rotatable bonds is 9. The van der Waals surface area contributed by atoms with Gasteiger partial charge in [-0.1, -0.05) is 0 Å². The molecule has 8 heteroatoms. The van der Waals surface area contributed by atoms with Crippen molar-refractivity contribution >= 4 is 11.8 Å². The summed E-state index contributed by atoms with van der Waals surface area (Å²) >= 11 is 0. The van der Waals surface area contributed by atoms with Gasteiger partial charge in [0.2, 0.25) is 0 Å². The average molecular weight is 408 g/mol. The number of hydrogen-bond acceptors (Lipinski definition) is 5. The number of anilines is 1. The number of halogens is 1. The summed E-state index contributed by atoms with van der Waals surface area (Å²) < 4.78 is 25.1. The number of ether oxygens (including phenoxy) is 2. The first kappa shape index (κ1) is 21.8. The number of nitrogens with one attached hydrogen (secondary N) is 2. The van der Waals surface area contributed by atoms with Crippen molar-refractivity contribution in [3.05, 3.63) is 24.1 Å². The number of nitrogens with zero attached hydrogens (tertiary/aromatic N) is 3. The molecule has 3 heterocycles.